The minimum atomic E-state index is -2.93. The molecule has 5 nitrogen and oxygen atoms in total. The van der Waals surface area contributed by atoms with E-state index >= 15 is 0 Å². The van der Waals surface area contributed by atoms with Crippen molar-refractivity contribution in [2.24, 2.45) is 0 Å². The molecule has 21 heavy (non-hydrogen) atoms. The number of thioether (sulfide) groups is 1. The molecular weight excluding hydrogens is 308 g/mol. The second-order valence-electron chi connectivity index (χ2n) is 5.40. The maximum absolute atomic E-state index is 11.7. The van der Waals surface area contributed by atoms with Crippen molar-refractivity contribution in [1.82, 2.24) is 4.90 Å². The van der Waals surface area contributed by atoms with Crippen molar-refractivity contribution in [3.8, 4) is 5.75 Å². The van der Waals surface area contributed by atoms with E-state index < -0.39 is 9.84 Å². The van der Waals surface area contributed by atoms with Crippen LogP contribution in [0.3, 0.4) is 0 Å². The van der Waals surface area contributed by atoms with Crippen LogP contribution in [-0.4, -0.2) is 54.9 Å². The monoisotopic (exact) mass is 326 g/mol. The lowest BCUT2D eigenvalue weighted by molar-refractivity contribution is 0.359. The van der Waals surface area contributed by atoms with Crippen LogP contribution in [0.1, 0.15) is 5.56 Å². The van der Waals surface area contributed by atoms with Crippen molar-refractivity contribution in [1.29, 1.82) is 5.41 Å². The molecule has 1 aromatic carbocycles. The molecule has 2 aliphatic rings. The fourth-order valence-corrected chi connectivity index (χ4v) is 6.73. The maximum atomic E-state index is 11.7. The summed E-state index contributed by atoms with van der Waals surface area (Å²) >= 11 is 1.40. The van der Waals surface area contributed by atoms with Gasteiger partial charge in [0.15, 0.2) is 15.0 Å². The van der Waals surface area contributed by atoms with Crippen LogP contribution in [-0.2, 0) is 16.3 Å². The summed E-state index contributed by atoms with van der Waals surface area (Å²) in [5.41, 5.74) is 1.16. The van der Waals surface area contributed by atoms with E-state index in [1.807, 2.05) is 29.2 Å². The molecule has 0 bridgehead atoms. The van der Waals surface area contributed by atoms with E-state index in [-0.39, 0.29) is 22.8 Å². The Kier molecular flexibility index (Phi) is 3.88. The van der Waals surface area contributed by atoms with Crippen LogP contribution in [0.2, 0.25) is 0 Å². The second-order valence-corrected chi connectivity index (χ2v) is 8.78. The third kappa shape index (κ3) is 3.03. The summed E-state index contributed by atoms with van der Waals surface area (Å²) < 4.78 is 28.6. The second kappa shape index (κ2) is 5.53. The number of methoxy groups -OCH3 is 1. The van der Waals surface area contributed by atoms with E-state index in [2.05, 4.69) is 0 Å². The van der Waals surface area contributed by atoms with Gasteiger partial charge in [-0.2, -0.15) is 0 Å². The third-order valence-electron chi connectivity index (χ3n) is 4.00. The smallest absolute Gasteiger partial charge is 0.157 e. The molecule has 2 atom stereocenters. The van der Waals surface area contributed by atoms with Crippen molar-refractivity contribution in [2.45, 2.75) is 17.7 Å². The van der Waals surface area contributed by atoms with E-state index in [1.54, 1.807) is 7.11 Å². The van der Waals surface area contributed by atoms with Crippen molar-refractivity contribution >= 4 is 26.8 Å². The molecule has 3 rings (SSSR count). The minimum Gasteiger partial charge on any atom is -0.497 e. The number of sulfone groups is 1. The van der Waals surface area contributed by atoms with Gasteiger partial charge in [-0.25, -0.2) is 8.42 Å². The molecule has 1 aromatic rings. The molecule has 0 radical (unpaired) electrons. The molecule has 1 N–H and O–H groups in total. The zero-order chi connectivity index (χ0) is 15.0. The number of nitrogens with one attached hydrogen (secondary N) is 1. The number of rotatable bonds is 4. The number of fused-ring (bicyclic) bond motifs is 1. The summed E-state index contributed by atoms with van der Waals surface area (Å²) in [7, 11) is -1.29. The summed E-state index contributed by atoms with van der Waals surface area (Å²) in [5.74, 6) is 1.23. The average molecular weight is 326 g/mol. The Balaban J connectivity index is 1.65. The molecule has 2 saturated heterocycles. The predicted molar refractivity (Wildman–Crippen MR) is 85.0 cm³/mol. The maximum Gasteiger partial charge on any atom is 0.157 e. The van der Waals surface area contributed by atoms with E-state index in [1.165, 1.54) is 11.8 Å². The fourth-order valence-electron chi connectivity index (χ4n) is 2.87. The first-order valence-corrected chi connectivity index (χ1v) is 9.54. The first-order chi connectivity index (χ1) is 9.98. The largest absolute Gasteiger partial charge is 0.497 e. The summed E-state index contributed by atoms with van der Waals surface area (Å²) in [4.78, 5) is 1.95. The molecule has 114 valence electrons. The fraction of sp³-hybridized carbons (Fsp3) is 0.500. The zero-order valence-corrected chi connectivity index (χ0v) is 13.4. The number of ether oxygens (including phenoxy) is 1. The molecule has 2 aliphatic heterocycles. The molecule has 0 amide bonds. The van der Waals surface area contributed by atoms with E-state index in [0.717, 1.165) is 17.7 Å². The highest BCUT2D eigenvalue weighted by Crippen LogP contribution is 2.37. The van der Waals surface area contributed by atoms with Crippen molar-refractivity contribution in [3.05, 3.63) is 29.8 Å². The number of hydrogen-bond donors (Lipinski definition) is 1. The predicted octanol–water partition coefficient (Wildman–Crippen LogP) is 1.39. The average Bonchev–Trinajstić information content (AvgIpc) is 2.88. The lowest BCUT2D eigenvalue weighted by Gasteiger charge is -2.23. The molecule has 0 saturated carbocycles. The van der Waals surface area contributed by atoms with Gasteiger partial charge in [-0.1, -0.05) is 23.9 Å². The van der Waals surface area contributed by atoms with Crippen LogP contribution >= 0.6 is 11.8 Å². The summed E-state index contributed by atoms with van der Waals surface area (Å²) in [5, 5.41) is 8.59. The van der Waals surface area contributed by atoms with Gasteiger partial charge in [0.05, 0.1) is 24.7 Å². The quantitative estimate of drug-likeness (QED) is 0.905. The van der Waals surface area contributed by atoms with Crippen LogP contribution < -0.4 is 4.74 Å². The Bertz CT molecular complexity index is 643. The standard InChI is InChI=1S/C14H18N2O3S2/c1-19-11-4-2-10(3-5-11)6-7-16-12-8-21(17,18)9-13(12)20-14(16)15/h2-5,12-13,15H,6-9H2,1H3/t12-,13+/m0/s1. The number of amidine groups is 1. The third-order valence-corrected chi connectivity index (χ3v) is 7.17. The number of hydrogen-bond acceptors (Lipinski definition) is 5. The van der Waals surface area contributed by atoms with Gasteiger partial charge in [0, 0.05) is 11.8 Å². The normalized spacial score (nSPS) is 26.9. The molecule has 0 spiro atoms. The lowest BCUT2D eigenvalue weighted by Crippen LogP contribution is -2.38. The summed E-state index contributed by atoms with van der Waals surface area (Å²) in [6.07, 6.45) is 0.802. The first-order valence-electron chi connectivity index (χ1n) is 6.84. The van der Waals surface area contributed by atoms with E-state index in [4.69, 9.17) is 10.1 Å². The number of benzene rings is 1. The van der Waals surface area contributed by atoms with Crippen molar-refractivity contribution in [2.75, 3.05) is 25.2 Å². The molecule has 0 aliphatic carbocycles. The Morgan fingerprint density at radius 3 is 2.71 bits per heavy atom. The van der Waals surface area contributed by atoms with Crippen LogP contribution in [0.15, 0.2) is 24.3 Å². The number of nitrogens with zero attached hydrogens (tertiary/aromatic N) is 1. The van der Waals surface area contributed by atoms with Crippen molar-refractivity contribution < 1.29 is 13.2 Å². The highest BCUT2D eigenvalue weighted by Gasteiger charge is 2.47. The van der Waals surface area contributed by atoms with Gasteiger partial charge < -0.3 is 9.64 Å². The van der Waals surface area contributed by atoms with Crippen LogP contribution in [0, 0.1) is 5.41 Å². The topological polar surface area (TPSA) is 70.5 Å². The van der Waals surface area contributed by atoms with Gasteiger partial charge in [0.1, 0.15) is 5.75 Å². The molecule has 0 unspecified atom stereocenters. The van der Waals surface area contributed by atoms with Crippen LogP contribution in [0.4, 0.5) is 0 Å². The Labute approximate surface area is 129 Å². The SMILES string of the molecule is COc1ccc(CCN2C(=N)S[C@@H]3CS(=O)(=O)C[C@@H]32)cc1. The molecule has 2 fully saturated rings. The van der Waals surface area contributed by atoms with Gasteiger partial charge in [-0.3, -0.25) is 5.41 Å². The van der Waals surface area contributed by atoms with E-state index in [9.17, 15) is 8.42 Å². The van der Waals surface area contributed by atoms with Gasteiger partial charge in [-0.15, -0.1) is 0 Å². The highest BCUT2D eigenvalue weighted by atomic mass is 32.2. The van der Waals surface area contributed by atoms with Crippen LogP contribution in [0.5, 0.6) is 5.75 Å². The molecule has 7 heteroatoms. The van der Waals surface area contributed by atoms with Gasteiger partial charge in [0.2, 0.25) is 0 Å². The molecule has 0 aromatic heterocycles. The molecular formula is C14H18N2O3S2. The van der Waals surface area contributed by atoms with E-state index in [0.29, 0.717) is 11.7 Å². The first kappa shape index (κ1) is 14.7. The van der Waals surface area contributed by atoms with Gasteiger partial charge in [-0.05, 0) is 24.1 Å². The zero-order valence-electron chi connectivity index (χ0n) is 11.8. The summed E-state index contributed by atoms with van der Waals surface area (Å²) in [6.45, 7) is 0.689. The molecule has 2 heterocycles. The summed E-state index contributed by atoms with van der Waals surface area (Å²) in [6, 6.07) is 7.83. The lowest BCUT2D eigenvalue weighted by atomic mass is 10.1. The Morgan fingerprint density at radius 2 is 2.05 bits per heavy atom. The minimum absolute atomic E-state index is 0.0225. The van der Waals surface area contributed by atoms with Gasteiger partial charge >= 0.3 is 0 Å². The van der Waals surface area contributed by atoms with Crippen molar-refractivity contribution in [3.63, 3.8) is 0 Å². The van der Waals surface area contributed by atoms with Crippen LogP contribution in [0.25, 0.3) is 0 Å². The Hall–Kier alpha value is -1.21. The Morgan fingerprint density at radius 1 is 1.33 bits per heavy atom. The highest BCUT2D eigenvalue weighted by molar-refractivity contribution is 8.15. The van der Waals surface area contributed by atoms with Gasteiger partial charge in [0.25, 0.3) is 0 Å².